The van der Waals surface area contributed by atoms with Crippen LogP contribution in [0, 0.1) is 5.92 Å². The molecule has 28 heavy (non-hydrogen) atoms. The number of carboxylic acid groups (broad SMARTS) is 1. The summed E-state index contributed by atoms with van der Waals surface area (Å²) in [6, 6.07) is 15.8. The number of carbonyl (C=O) groups excluding carboxylic acids is 2. The van der Waals surface area contributed by atoms with Crippen LogP contribution in [-0.4, -0.2) is 28.9 Å². The van der Waals surface area contributed by atoms with Crippen molar-refractivity contribution in [2.45, 2.75) is 39.2 Å². The van der Waals surface area contributed by atoms with Crippen LogP contribution in [0.5, 0.6) is 0 Å². The Labute approximate surface area is 165 Å². The van der Waals surface area contributed by atoms with Crippen molar-refractivity contribution >= 4 is 23.5 Å². The van der Waals surface area contributed by atoms with Crippen molar-refractivity contribution in [1.82, 2.24) is 5.32 Å². The lowest BCUT2D eigenvalue weighted by Gasteiger charge is -2.22. The van der Waals surface area contributed by atoms with Crippen LogP contribution in [0.25, 0.3) is 0 Å². The predicted octanol–water partition coefficient (Wildman–Crippen LogP) is 3.03. The molecule has 0 radical (unpaired) electrons. The molecule has 0 saturated carbocycles. The molecule has 0 aliphatic rings. The summed E-state index contributed by atoms with van der Waals surface area (Å²) in [6.07, 6.45) is 0.629. The van der Waals surface area contributed by atoms with E-state index in [2.05, 4.69) is 10.6 Å². The summed E-state index contributed by atoms with van der Waals surface area (Å²) >= 11 is 0. The highest BCUT2D eigenvalue weighted by Crippen LogP contribution is 2.14. The minimum absolute atomic E-state index is 0.0293. The second kappa shape index (κ2) is 10.3. The Morgan fingerprint density at radius 3 is 2.29 bits per heavy atom. The van der Waals surface area contributed by atoms with Crippen molar-refractivity contribution in [2.24, 2.45) is 5.92 Å². The van der Waals surface area contributed by atoms with Gasteiger partial charge in [0.2, 0.25) is 11.8 Å². The van der Waals surface area contributed by atoms with Crippen LogP contribution >= 0.6 is 0 Å². The van der Waals surface area contributed by atoms with Crippen LogP contribution in [0.4, 0.5) is 5.69 Å². The molecule has 6 heteroatoms. The largest absolute Gasteiger partial charge is 0.481 e. The fraction of sp³-hybridized carbons (Fsp3) is 0.318. The molecule has 2 rings (SSSR count). The topological polar surface area (TPSA) is 95.5 Å². The molecule has 148 valence electrons. The van der Waals surface area contributed by atoms with E-state index in [1.165, 1.54) is 0 Å². The van der Waals surface area contributed by atoms with Gasteiger partial charge in [-0.25, -0.2) is 0 Å². The number of anilines is 1. The third-order valence-corrected chi connectivity index (χ3v) is 4.30. The predicted molar refractivity (Wildman–Crippen MR) is 108 cm³/mol. The standard InChI is InChI=1S/C22H26N2O4/c1-15(2)21(24-19(25)14-16-7-4-3-5-8-16)22(28)23-18-10-6-9-17(13-18)11-12-20(26)27/h3-10,13,15,21H,11-12,14H2,1-2H3,(H,23,28)(H,24,25)(H,26,27). The number of rotatable bonds is 9. The van der Waals surface area contributed by atoms with E-state index in [9.17, 15) is 14.4 Å². The monoisotopic (exact) mass is 382 g/mol. The summed E-state index contributed by atoms with van der Waals surface area (Å²) in [5, 5.41) is 14.4. The van der Waals surface area contributed by atoms with Gasteiger partial charge in [0.1, 0.15) is 6.04 Å². The van der Waals surface area contributed by atoms with Gasteiger partial charge in [0, 0.05) is 12.1 Å². The van der Waals surface area contributed by atoms with E-state index in [1.807, 2.05) is 50.2 Å². The Bertz CT molecular complexity index is 818. The summed E-state index contributed by atoms with van der Waals surface area (Å²) in [5.74, 6) is -1.47. The lowest BCUT2D eigenvalue weighted by atomic mass is 10.0. The number of benzene rings is 2. The quantitative estimate of drug-likeness (QED) is 0.621. The van der Waals surface area contributed by atoms with Gasteiger partial charge in [-0.2, -0.15) is 0 Å². The summed E-state index contributed by atoms with van der Waals surface area (Å²) in [4.78, 5) is 35.8. The molecular weight excluding hydrogens is 356 g/mol. The molecule has 0 bridgehead atoms. The molecule has 2 amide bonds. The van der Waals surface area contributed by atoms with Crippen molar-refractivity contribution in [3.8, 4) is 0 Å². The summed E-state index contributed by atoms with van der Waals surface area (Å²) in [5.41, 5.74) is 2.29. The van der Waals surface area contributed by atoms with Gasteiger partial charge in [-0.05, 0) is 35.6 Å². The Morgan fingerprint density at radius 2 is 1.64 bits per heavy atom. The summed E-state index contributed by atoms with van der Waals surface area (Å²) < 4.78 is 0. The zero-order valence-corrected chi connectivity index (χ0v) is 16.1. The number of carbonyl (C=O) groups is 3. The van der Waals surface area contributed by atoms with E-state index >= 15 is 0 Å². The van der Waals surface area contributed by atoms with Crippen molar-refractivity contribution < 1.29 is 19.5 Å². The zero-order valence-electron chi connectivity index (χ0n) is 16.1. The minimum atomic E-state index is -0.865. The number of hydrogen-bond donors (Lipinski definition) is 3. The number of hydrogen-bond acceptors (Lipinski definition) is 3. The first-order valence-corrected chi connectivity index (χ1v) is 9.30. The molecule has 0 heterocycles. The Kier molecular flexibility index (Phi) is 7.75. The Hall–Kier alpha value is -3.15. The van der Waals surface area contributed by atoms with Gasteiger partial charge in [-0.1, -0.05) is 56.3 Å². The van der Waals surface area contributed by atoms with E-state index in [0.717, 1.165) is 11.1 Å². The smallest absolute Gasteiger partial charge is 0.303 e. The van der Waals surface area contributed by atoms with Gasteiger partial charge in [0.05, 0.1) is 6.42 Å². The molecule has 0 aliphatic carbocycles. The van der Waals surface area contributed by atoms with Gasteiger partial charge in [0.15, 0.2) is 0 Å². The lowest BCUT2D eigenvalue weighted by molar-refractivity contribution is -0.137. The molecule has 2 aromatic rings. The van der Waals surface area contributed by atoms with Crippen molar-refractivity contribution in [3.05, 3.63) is 65.7 Å². The molecule has 1 atom stereocenters. The molecule has 0 aromatic heterocycles. The van der Waals surface area contributed by atoms with Gasteiger partial charge < -0.3 is 15.7 Å². The molecule has 0 aliphatic heterocycles. The number of aryl methyl sites for hydroxylation is 1. The van der Waals surface area contributed by atoms with Crippen LogP contribution in [-0.2, 0) is 27.2 Å². The summed E-state index contributed by atoms with van der Waals surface area (Å²) in [7, 11) is 0. The van der Waals surface area contributed by atoms with Crippen LogP contribution in [0.15, 0.2) is 54.6 Å². The van der Waals surface area contributed by atoms with E-state index in [4.69, 9.17) is 5.11 Å². The van der Waals surface area contributed by atoms with Crippen LogP contribution < -0.4 is 10.6 Å². The maximum Gasteiger partial charge on any atom is 0.303 e. The van der Waals surface area contributed by atoms with Crippen LogP contribution in [0.1, 0.15) is 31.4 Å². The average molecular weight is 382 g/mol. The normalized spacial score (nSPS) is 11.7. The first-order valence-electron chi connectivity index (χ1n) is 9.30. The molecule has 3 N–H and O–H groups in total. The highest BCUT2D eigenvalue weighted by molar-refractivity contribution is 5.97. The molecule has 2 aromatic carbocycles. The molecule has 1 unspecified atom stereocenters. The molecule has 6 nitrogen and oxygen atoms in total. The van der Waals surface area contributed by atoms with E-state index in [0.29, 0.717) is 12.1 Å². The zero-order chi connectivity index (χ0) is 20.5. The summed E-state index contributed by atoms with van der Waals surface area (Å²) in [6.45, 7) is 3.74. The fourth-order valence-electron chi connectivity index (χ4n) is 2.82. The highest BCUT2D eigenvalue weighted by atomic mass is 16.4. The Morgan fingerprint density at radius 1 is 0.964 bits per heavy atom. The van der Waals surface area contributed by atoms with Gasteiger partial charge >= 0.3 is 5.97 Å². The van der Waals surface area contributed by atoms with E-state index in [-0.39, 0.29) is 30.6 Å². The Balaban J connectivity index is 1.99. The fourth-order valence-corrected chi connectivity index (χ4v) is 2.82. The number of amides is 2. The second-order valence-electron chi connectivity index (χ2n) is 7.03. The number of aliphatic carboxylic acids is 1. The molecular formula is C22H26N2O4. The average Bonchev–Trinajstić information content (AvgIpc) is 2.65. The van der Waals surface area contributed by atoms with E-state index in [1.54, 1.807) is 18.2 Å². The van der Waals surface area contributed by atoms with Crippen molar-refractivity contribution in [3.63, 3.8) is 0 Å². The van der Waals surface area contributed by atoms with Gasteiger partial charge in [0.25, 0.3) is 0 Å². The van der Waals surface area contributed by atoms with E-state index < -0.39 is 12.0 Å². The van der Waals surface area contributed by atoms with Crippen molar-refractivity contribution in [2.75, 3.05) is 5.32 Å². The first-order chi connectivity index (χ1) is 13.3. The minimum Gasteiger partial charge on any atom is -0.481 e. The second-order valence-corrected chi connectivity index (χ2v) is 7.03. The molecule has 0 saturated heterocycles. The van der Waals surface area contributed by atoms with Gasteiger partial charge in [-0.15, -0.1) is 0 Å². The molecule has 0 spiro atoms. The first kappa shape index (κ1) is 21.2. The molecule has 0 fully saturated rings. The SMILES string of the molecule is CC(C)C(NC(=O)Cc1ccccc1)C(=O)Nc1cccc(CCC(=O)O)c1. The highest BCUT2D eigenvalue weighted by Gasteiger charge is 2.24. The van der Waals surface area contributed by atoms with Crippen molar-refractivity contribution in [1.29, 1.82) is 0 Å². The number of carboxylic acids is 1. The van der Waals surface area contributed by atoms with Crippen LogP contribution in [0.2, 0.25) is 0 Å². The van der Waals surface area contributed by atoms with Crippen LogP contribution in [0.3, 0.4) is 0 Å². The number of nitrogens with one attached hydrogen (secondary N) is 2. The maximum absolute atomic E-state index is 12.7. The van der Waals surface area contributed by atoms with Gasteiger partial charge in [-0.3, -0.25) is 14.4 Å². The lowest BCUT2D eigenvalue weighted by Crippen LogP contribution is -2.47. The third-order valence-electron chi connectivity index (χ3n) is 4.30. The third kappa shape index (κ3) is 6.87. The maximum atomic E-state index is 12.7.